The zero-order chi connectivity index (χ0) is 29.3. The largest absolute Gasteiger partial charge is 0.490 e. The predicted molar refractivity (Wildman–Crippen MR) is 164 cm³/mol. The molecule has 0 aromatic heterocycles. The Kier molecular flexibility index (Phi) is 7.06. The normalized spacial score (nSPS) is 35.7. The summed E-state index contributed by atoms with van der Waals surface area (Å²) in [6.07, 6.45) is 8.06. The molecule has 226 valence electrons. The average Bonchev–Trinajstić information content (AvgIpc) is 3.73. The Morgan fingerprint density at radius 3 is 2.62 bits per heavy atom. The monoisotopic (exact) mass is 612 g/mol. The summed E-state index contributed by atoms with van der Waals surface area (Å²) < 4.78 is 41.7. The van der Waals surface area contributed by atoms with E-state index in [-0.39, 0.29) is 16.9 Å². The van der Waals surface area contributed by atoms with Gasteiger partial charge in [0.1, 0.15) is 5.75 Å². The van der Waals surface area contributed by atoms with E-state index in [0.29, 0.717) is 24.0 Å². The van der Waals surface area contributed by atoms with Crippen molar-refractivity contribution in [1.29, 1.82) is 0 Å². The maximum Gasteiger partial charge on any atom is 0.264 e. The summed E-state index contributed by atoms with van der Waals surface area (Å²) in [4.78, 5) is 15.8. The third-order valence-electron chi connectivity index (χ3n) is 11.1. The highest BCUT2D eigenvalue weighted by molar-refractivity contribution is 7.90. The third kappa shape index (κ3) is 4.91. The Bertz CT molecular complexity index is 1510. The molecule has 2 aliphatic carbocycles. The number of aryl methyl sites for hydroxylation is 1. The van der Waals surface area contributed by atoms with Gasteiger partial charge >= 0.3 is 0 Å². The van der Waals surface area contributed by atoms with E-state index >= 15 is 0 Å². The summed E-state index contributed by atoms with van der Waals surface area (Å²) in [5.74, 6) is 1.06. The minimum atomic E-state index is -3.84. The van der Waals surface area contributed by atoms with Crippen molar-refractivity contribution in [2.24, 2.45) is 17.8 Å². The van der Waals surface area contributed by atoms with Crippen LogP contribution in [0, 0.1) is 17.8 Å². The van der Waals surface area contributed by atoms with Crippen LogP contribution in [0.3, 0.4) is 0 Å². The van der Waals surface area contributed by atoms with Crippen molar-refractivity contribution < 1.29 is 22.7 Å². The third-order valence-corrected chi connectivity index (χ3v) is 13.3. The molecule has 3 heterocycles. The van der Waals surface area contributed by atoms with Crippen molar-refractivity contribution in [1.82, 2.24) is 4.72 Å². The van der Waals surface area contributed by atoms with E-state index in [9.17, 15) is 13.2 Å². The number of hydrogen-bond donors (Lipinski definition) is 1. The Labute approximate surface area is 254 Å². The van der Waals surface area contributed by atoms with Gasteiger partial charge in [-0.25, -0.2) is 13.1 Å². The number of rotatable bonds is 0. The fraction of sp³-hybridized carbons (Fsp3) is 0.606. The van der Waals surface area contributed by atoms with Crippen LogP contribution in [0.2, 0.25) is 5.02 Å². The summed E-state index contributed by atoms with van der Waals surface area (Å²) >= 11 is 6.41. The van der Waals surface area contributed by atoms with Gasteiger partial charge in [-0.3, -0.25) is 4.79 Å². The molecule has 3 aliphatic heterocycles. The maximum absolute atomic E-state index is 13.4. The SMILES string of the molecule is C[C@@H]1[C@@H](C)CCCC2(CO2)[C@@H]2CC[C@H]2CN2C[C@@]3(CCCc4cc(Cl)ccc43)COc3ccc(cc32)C(=O)NS1(=O)=O. The van der Waals surface area contributed by atoms with Gasteiger partial charge in [0.15, 0.2) is 0 Å². The van der Waals surface area contributed by atoms with Crippen LogP contribution in [0.5, 0.6) is 5.75 Å². The van der Waals surface area contributed by atoms with Gasteiger partial charge in [0.05, 0.1) is 29.8 Å². The lowest BCUT2D eigenvalue weighted by molar-refractivity contribution is 0.0642. The molecular formula is C33H41ClN2O5S. The van der Waals surface area contributed by atoms with Gasteiger partial charge in [0.25, 0.3) is 5.91 Å². The first-order valence-corrected chi connectivity index (χ1v) is 17.5. The number of halogens is 1. The number of anilines is 1. The number of carbonyl (C=O) groups is 1. The fourth-order valence-corrected chi connectivity index (χ4v) is 9.70. The number of nitrogens with zero attached hydrogens (tertiary/aromatic N) is 1. The Morgan fingerprint density at radius 2 is 1.86 bits per heavy atom. The number of epoxide rings is 1. The zero-order valence-electron chi connectivity index (χ0n) is 24.5. The van der Waals surface area contributed by atoms with Gasteiger partial charge in [-0.2, -0.15) is 0 Å². The fourth-order valence-electron chi connectivity index (χ4n) is 8.20. The van der Waals surface area contributed by atoms with E-state index in [1.807, 2.05) is 25.1 Å². The molecular weight excluding hydrogens is 572 g/mol. The Balaban J connectivity index is 1.30. The average molecular weight is 613 g/mol. The topological polar surface area (TPSA) is 88.2 Å². The highest BCUT2D eigenvalue weighted by Crippen LogP contribution is 2.54. The van der Waals surface area contributed by atoms with Crippen LogP contribution < -0.4 is 14.4 Å². The molecule has 1 saturated carbocycles. The predicted octanol–water partition coefficient (Wildman–Crippen LogP) is 5.88. The van der Waals surface area contributed by atoms with Crippen LogP contribution in [0.25, 0.3) is 0 Å². The van der Waals surface area contributed by atoms with Gasteiger partial charge < -0.3 is 14.4 Å². The molecule has 0 radical (unpaired) electrons. The molecule has 1 N–H and O–H groups in total. The van der Waals surface area contributed by atoms with E-state index in [1.165, 1.54) is 11.1 Å². The molecule has 2 fully saturated rings. The Morgan fingerprint density at radius 1 is 1.02 bits per heavy atom. The summed E-state index contributed by atoms with van der Waals surface area (Å²) in [5, 5.41) is 0.0808. The van der Waals surface area contributed by atoms with Crippen LogP contribution in [-0.4, -0.2) is 51.5 Å². The number of hydrogen-bond acceptors (Lipinski definition) is 6. The highest BCUT2D eigenvalue weighted by Gasteiger charge is 2.57. The smallest absolute Gasteiger partial charge is 0.264 e. The molecule has 6 atom stereocenters. The highest BCUT2D eigenvalue weighted by atomic mass is 35.5. The quantitative estimate of drug-likeness (QED) is 0.374. The number of benzene rings is 2. The zero-order valence-corrected chi connectivity index (χ0v) is 26.1. The maximum atomic E-state index is 13.4. The lowest BCUT2D eigenvalue weighted by Gasteiger charge is -2.46. The molecule has 7 rings (SSSR count). The molecule has 2 aromatic carbocycles. The molecule has 9 heteroatoms. The van der Waals surface area contributed by atoms with E-state index in [4.69, 9.17) is 21.1 Å². The first-order chi connectivity index (χ1) is 20.1. The lowest BCUT2D eigenvalue weighted by atomic mass is 9.65. The number of fused-ring (bicyclic) bond motifs is 5. The number of nitrogens with one attached hydrogen (secondary N) is 1. The van der Waals surface area contributed by atoms with Gasteiger partial charge in [-0.1, -0.05) is 31.0 Å². The second-order valence-corrected chi connectivity index (χ2v) is 16.1. The van der Waals surface area contributed by atoms with Crippen molar-refractivity contribution in [3.63, 3.8) is 0 Å². The molecule has 1 amide bonds. The van der Waals surface area contributed by atoms with E-state index in [2.05, 4.69) is 21.8 Å². The minimum absolute atomic E-state index is 0.0726. The van der Waals surface area contributed by atoms with Gasteiger partial charge in [0, 0.05) is 29.1 Å². The van der Waals surface area contributed by atoms with Crippen LogP contribution in [-0.2, 0) is 26.6 Å². The van der Waals surface area contributed by atoms with Gasteiger partial charge in [-0.05, 0) is 111 Å². The molecule has 7 nitrogen and oxygen atoms in total. The lowest BCUT2D eigenvalue weighted by Crippen LogP contribution is -2.50. The van der Waals surface area contributed by atoms with Crippen LogP contribution >= 0.6 is 11.6 Å². The van der Waals surface area contributed by atoms with Gasteiger partial charge in [-0.15, -0.1) is 0 Å². The number of sulfonamides is 1. The van der Waals surface area contributed by atoms with E-state index in [0.717, 1.165) is 87.5 Å². The Hall–Kier alpha value is -2.29. The molecule has 5 aliphatic rings. The number of amides is 1. The van der Waals surface area contributed by atoms with E-state index < -0.39 is 21.2 Å². The second-order valence-electron chi connectivity index (χ2n) is 13.6. The van der Waals surface area contributed by atoms with Crippen molar-refractivity contribution >= 4 is 33.2 Å². The number of carbonyl (C=O) groups excluding carboxylic acids is 1. The van der Waals surface area contributed by atoms with Crippen molar-refractivity contribution in [2.75, 3.05) is 31.2 Å². The molecule has 1 saturated heterocycles. The molecule has 1 unspecified atom stereocenters. The van der Waals surface area contributed by atoms with Crippen molar-refractivity contribution in [2.45, 2.75) is 81.5 Å². The van der Waals surface area contributed by atoms with Gasteiger partial charge in [0.2, 0.25) is 10.0 Å². The molecule has 2 spiro atoms. The molecule has 42 heavy (non-hydrogen) atoms. The van der Waals surface area contributed by atoms with Crippen molar-refractivity contribution in [3.05, 3.63) is 58.1 Å². The summed E-state index contributed by atoms with van der Waals surface area (Å²) in [6, 6.07) is 11.6. The van der Waals surface area contributed by atoms with Crippen LogP contribution in [0.4, 0.5) is 5.69 Å². The summed E-state index contributed by atoms with van der Waals surface area (Å²) in [5.41, 5.74) is 3.51. The molecule has 2 bridgehead atoms. The summed E-state index contributed by atoms with van der Waals surface area (Å²) in [6.45, 7) is 6.64. The summed E-state index contributed by atoms with van der Waals surface area (Å²) in [7, 11) is -3.84. The minimum Gasteiger partial charge on any atom is -0.490 e. The first kappa shape index (κ1) is 28.5. The first-order valence-electron chi connectivity index (χ1n) is 15.6. The molecule has 2 aromatic rings. The van der Waals surface area contributed by atoms with E-state index in [1.54, 1.807) is 13.0 Å². The van der Waals surface area contributed by atoms with Crippen molar-refractivity contribution in [3.8, 4) is 5.75 Å². The van der Waals surface area contributed by atoms with Crippen LogP contribution in [0.1, 0.15) is 80.3 Å². The number of ether oxygens (including phenoxy) is 2. The van der Waals surface area contributed by atoms with Crippen LogP contribution in [0.15, 0.2) is 36.4 Å². The second kappa shape index (κ2) is 10.4. The standard InChI is InChI=1S/C33H41ClN2O5S/c1-21-5-3-14-33(20-41-33)28-10-7-25(28)17-36-18-32(13-4-6-23-15-26(34)9-11-27(23)32)19-40-30-12-8-24(16-29(30)36)31(37)35-42(38,39)22(21)2/h8-9,11-12,15-16,21-22,25,28H,3-7,10,13-14,17-20H2,1-2H3,(H,35,37)/t21-,22+,25-,28+,32-,33?/m0/s1.